The molecule has 7 heteroatoms. The van der Waals surface area contributed by atoms with Gasteiger partial charge in [-0.15, -0.1) is 0 Å². The van der Waals surface area contributed by atoms with Crippen molar-refractivity contribution < 1.29 is 19.3 Å². The van der Waals surface area contributed by atoms with Crippen molar-refractivity contribution in [3.8, 4) is 0 Å². The lowest BCUT2D eigenvalue weighted by Gasteiger charge is -2.45. The number of piperidine rings is 1. The number of aliphatic hydroxyl groups excluding tert-OH is 2. The number of piperazine rings is 1. The maximum Gasteiger partial charge on any atom is 0.115 e. The number of alkyl halides is 1. The lowest BCUT2D eigenvalue weighted by Crippen LogP contribution is -2.60. The van der Waals surface area contributed by atoms with Crippen LogP contribution in [0.3, 0.4) is 0 Å². The summed E-state index contributed by atoms with van der Waals surface area (Å²) >= 11 is 0. The molecule has 3 heterocycles. The molecule has 0 amide bonds. The second-order valence-electron chi connectivity index (χ2n) is 6.99. The molecule has 3 atom stereocenters. The molecule has 0 aromatic rings. The van der Waals surface area contributed by atoms with Crippen LogP contribution in [0.5, 0.6) is 0 Å². The van der Waals surface area contributed by atoms with Gasteiger partial charge in [0.05, 0.1) is 32.0 Å². The van der Waals surface area contributed by atoms with Gasteiger partial charge in [0.1, 0.15) is 6.17 Å². The van der Waals surface area contributed by atoms with E-state index >= 15 is 0 Å². The summed E-state index contributed by atoms with van der Waals surface area (Å²) in [5, 5.41) is 18.4. The van der Waals surface area contributed by atoms with E-state index in [0.29, 0.717) is 31.6 Å². The molecule has 0 radical (unpaired) electrons. The van der Waals surface area contributed by atoms with Gasteiger partial charge in [-0.05, 0) is 13.1 Å². The van der Waals surface area contributed by atoms with Gasteiger partial charge < -0.3 is 14.9 Å². The summed E-state index contributed by atoms with van der Waals surface area (Å²) in [6, 6.07) is 0.942. The molecule has 24 heavy (non-hydrogen) atoms. The van der Waals surface area contributed by atoms with E-state index < -0.39 is 12.3 Å². The molecule has 0 bridgehead atoms. The van der Waals surface area contributed by atoms with Crippen molar-refractivity contribution in [2.24, 2.45) is 0 Å². The fourth-order valence-corrected chi connectivity index (χ4v) is 3.63. The predicted octanol–water partition coefficient (Wildman–Crippen LogP) is -0.205. The molecule has 3 aliphatic rings. The second kappa shape index (κ2) is 9.99. The molecule has 0 saturated carbocycles. The molecule has 3 aliphatic heterocycles. The fourth-order valence-electron chi connectivity index (χ4n) is 3.63. The number of halogens is 1. The topological polar surface area (TPSA) is 59.4 Å². The Morgan fingerprint density at radius 1 is 1.08 bits per heavy atom. The third kappa shape index (κ3) is 5.61. The van der Waals surface area contributed by atoms with Crippen LogP contribution in [0.1, 0.15) is 20.3 Å². The Morgan fingerprint density at radius 2 is 1.83 bits per heavy atom. The molecular weight excluding hydrogens is 313 g/mol. The quantitative estimate of drug-likeness (QED) is 0.734. The Balaban J connectivity index is 0.000000185. The largest absolute Gasteiger partial charge is 0.395 e. The Labute approximate surface area is 145 Å². The highest BCUT2D eigenvalue weighted by molar-refractivity contribution is 4.87. The molecular formula is C17H34FN3O3. The Hall–Kier alpha value is -0.310. The summed E-state index contributed by atoms with van der Waals surface area (Å²) in [6.07, 6.45) is -0.969. The lowest BCUT2D eigenvalue weighted by molar-refractivity contribution is -0.0897. The number of hydrogen-bond acceptors (Lipinski definition) is 6. The second-order valence-corrected chi connectivity index (χ2v) is 6.99. The van der Waals surface area contributed by atoms with Crippen LogP contribution in [0.2, 0.25) is 0 Å². The van der Waals surface area contributed by atoms with E-state index in [4.69, 9.17) is 9.84 Å². The average molecular weight is 347 g/mol. The zero-order valence-electron chi connectivity index (χ0n) is 15.1. The van der Waals surface area contributed by atoms with Crippen LogP contribution in [-0.2, 0) is 4.74 Å². The molecule has 2 N–H and O–H groups in total. The highest BCUT2D eigenvalue weighted by Gasteiger charge is 2.32. The van der Waals surface area contributed by atoms with Gasteiger partial charge in [-0.2, -0.15) is 0 Å². The SMILES string of the molecule is CCN1CC(O)CC(F)C1.CCN1CCN(C2COC2)CC1CO. The first-order valence-corrected chi connectivity index (χ1v) is 9.28. The minimum absolute atomic E-state index is 0.276. The highest BCUT2D eigenvalue weighted by atomic mass is 19.1. The molecule has 142 valence electrons. The summed E-state index contributed by atoms with van der Waals surface area (Å²) in [7, 11) is 0. The number of rotatable bonds is 4. The molecule has 3 unspecified atom stereocenters. The molecule has 0 aromatic heterocycles. The van der Waals surface area contributed by atoms with Gasteiger partial charge in [-0.1, -0.05) is 13.8 Å². The van der Waals surface area contributed by atoms with E-state index in [1.54, 1.807) is 0 Å². The van der Waals surface area contributed by atoms with Crippen molar-refractivity contribution in [2.45, 2.75) is 44.6 Å². The minimum atomic E-state index is -0.830. The summed E-state index contributed by atoms with van der Waals surface area (Å²) < 4.78 is 17.9. The van der Waals surface area contributed by atoms with Crippen molar-refractivity contribution in [1.29, 1.82) is 0 Å². The van der Waals surface area contributed by atoms with Gasteiger partial charge in [0.15, 0.2) is 0 Å². The van der Waals surface area contributed by atoms with Crippen LogP contribution in [0, 0.1) is 0 Å². The van der Waals surface area contributed by atoms with Crippen molar-refractivity contribution in [2.75, 3.05) is 65.6 Å². The third-order valence-corrected chi connectivity index (χ3v) is 5.29. The van der Waals surface area contributed by atoms with E-state index in [1.165, 1.54) is 0 Å². The highest BCUT2D eigenvalue weighted by Crippen LogP contribution is 2.16. The van der Waals surface area contributed by atoms with Gasteiger partial charge in [0, 0.05) is 45.2 Å². The van der Waals surface area contributed by atoms with E-state index in [9.17, 15) is 9.50 Å². The third-order valence-electron chi connectivity index (χ3n) is 5.29. The number of aliphatic hydroxyl groups is 2. The standard InChI is InChI=1S/C10H20N2O2.C7H14FNO/c1-2-11-3-4-12(5-9(11)6-13)10-7-14-8-10;1-2-9-4-6(8)3-7(10)5-9/h9-10,13H,2-8H2,1H3;6-7,10H,2-5H2,1H3. The first-order valence-electron chi connectivity index (χ1n) is 9.28. The van der Waals surface area contributed by atoms with Gasteiger partial charge in [0.2, 0.25) is 0 Å². The van der Waals surface area contributed by atoms with Crippen molar-refractivity contribution >= 4 is 0 Å². The van der Waals surface area contributed by atoms with Crippen LogP contribution in [-0.4, -0.2) is 115 Å². The number of likely N-dealkylation sites (tertiary alicyclic amines) is 1. The van der Waals surface area contributed by atoms with Gasteiger partial charge in [-0.25, -0.2) is 4.39 Å². The zero-order chi connectivity index (χ0) is 17.5. The van der Waals surface area contributed by atoms with E-state index in [0.717, 1.165) is 45.9 Å². The summed E-state index contributed by atoms with van der Waals surface area (Å²) in [5.41, 5.74) is 0. The van der Waals surface area contributed by atoms with Crippen LogP contribution < -0.4 is 0 Å². The van der Waals surface area contributed by atoms with E-state index in [2.05, 4.69) is 16.7 Å². The van der Waals surface area contributed by atoms with Crippen LogP contribution in [0.15, 0.2) is 0 Å². The summed E-state index contributed by atoms with van der Waals surface area (Å²) in [4.78, 5) is 6.74. The Morgan fingerprint density at radius 3 is 2.33 bits per heavy atom. The summed E-state index contributed by atoms with van der Waals surface area (Å²) in [5.74, 6) is 0. The number of hydrogen-bond donors (Lipinski definition) is 2. The first kappa shape index (κ1) is 20.0. The minimum Gasteiger partial charge on any atom is -0.395 e. The maximum atomic E-state index is 12.7. The Bertz CT molecular complexity index is 350. The van der Waals surface area contributed by atoms with Gasteiger partial charge in [-0.3, -0.25) is 14.7 Å². The number of ether oxygens (including phenoxy) is 1. The number of likely N-dealkylation sites (N-methyl/N-ethyl adjacent to an activating group) is 2. The Kier molecular flexibility index (Phi) is 8.33. The molecule has 6 nitrogen and oxygen atoms in total. The first-order chi connectivity index (χ1) is 11.6. The van der Waals surface area contributed by atoms with Gasteiger partial charge >= 0.3 is 0 Å². The van der Waals surface area contributed by atoms with Gasteiger partial charge in [0.25, 0.3) is 0 Å². The molecule has 3 saturated heterocycles. The normalized spacial score (nSPS) is 33.6. The van der Waals surface area contributed by atoms with Crippen LogP contribution in [0.25, 0.3) is 0 Å². The number of β-amino-alcohol motifs (C(OH)–C–C–N with tert-alkyl or cyclic N) is 1. The number of nitrogens with zero attached hydrogens (tertiary/aromatic N) is 3. The maximum absolute atomic E-state index is 12.7. The lowest BCUT2D eigenvalue weighted by atomic mass is 10.1. The van der Waals surface area contributed by atoms with E-state index in [1.807, 2.05) is 11.8 Å². The molecule has 0 aliphatic carbocycles. The van der Waals surface area contributed by atoms with Crippen molar-refractivity contribution in [1.82, 2.24) is 14.7 Å². The molecule has 3 fully saturated rings. The van der Waals surface area contributed by atoms with Crippen LogP contribution in [0.4, 0.5) is 4.39 Å². The summed E-state index contributed by atoms with van der Waals surface area (Å²) in [6.45, 7) is 12.4. The average Bonchev–Trinajstić information content (AvgIpc) is 2.52. The van der Waals surface area contributed by atoms with Crippen LogP contribution >= 0.6 is 0 Å². The molecule has 3 rings (SSSR count). The predicted molar refractivity (Wildman–Crippen MR) is 91.9 cm³/mol. The zero-order valence-corrected chi connectivity index (χ0v) is 15.1. The van der Waals surface area contributed by atoms with Crippen molar-refractivity contribution in [3.05, 3.63) is 0 Å². The smallest absolute Gasteiger partial charge is 0.115 e. The monoisotopic (exact) mass is 347 g/mol. The molecule has 0 aromatic carbocycles. The van der Waals surface area contributed by atoms with E-state index in [-0.39, 0.29) is 6.61 Å². The van der Waals surface area contributed by atoms with Crippen molar-refractivity contribution in [3.63, 3.8) is 0 Å². The fraction of sp³-hybridized carbons (Fsp3) is 1.00. The molecule has 0 spiro atoms.